The van der Waals surface area contributed by atoms with Crippen LogP contribution in [-0.4, -0.2) is 5.78 Å². The molecule has 0 aromatic heterocycles. The summed E-state index contributed by atoms with van der Waals surface area (Å²) < 4.78 is 0. The van der Waals surface area contributed by atoms with Crippen molar-refractivity contribution in [2.75, 3.05) is 0 Å². The summed E-state index contributed by atoms with van der Waals surface area (Å²) in [5.74, 6) is 0.277. The van der Waals surface area contributed by atoms with Gasteiger partial charge < -0.3 is 4.79 Å². The first-order valence-corrected chi connectivity index (χ1v) is 9.41. The van der Waals surface area contributed by atoms with E-state index in [4.69, 9.17) is 0 Å². The van der Waals surface area contributed by atoms with Crippen molar-refractivity contribution in [2.24, 2.45) is 0 Å². The van der Waals surface area contributed by atoms with E-state index in [2.05, 4.69) is 58.9 Å². The Kier molecular flexibility index (Phi) is 13.2. The van der Waals surface area contributed by atoms with Crippen LogP contribution in [-0.2, 0) is 4.79 Å². The monoisotopic (exact) mass is 330 g/mol. The minimum Gasteiger partial charge on any atom is -0.300 e. The molecule has 0 rings (SSSR count). The van der Waals surface area contributed by atoms with Gasteiger partial charge in [0.15, 0.2) is 0 Å². The van der Waals surface area contributed by atoms with Crippen LogP contribution in [0.15, 0.2) is 46.6 Å². The molecule has 0 amide bonds. The van der Waals surface area contributed by atoms with Crippen molar-refractivity contribution in [1.29, 1.82) is 0 Å². The van der Waals surface area contributed by atoms with E-state index in [1.54, 1.807) is 6.92 Å². The zero-order valence-electron chi connectivity index (χ0n) is 16.9. The molecule has 0 aromatic carbocycles. The second-order valence-electron chi connectivity index (χ2n) is 7.29. The average Bonchev–Trinajstić information content (AvgIpc) is 2.46. The van der Waals surface area contributed by atoms with Gasteiger partial charge in [0.25, 0.3) is 0 Å². The molecule has 0 aliphatic carbocycles. The Morgan fingerprint density at radius 2 is 0.875 bits per heavy atom. The lowest BCUT2D eigenvalue weighted by Gasteiger charge is -2.02. The van der Waals surface area contributed by atoms with E-state index in [0.717, 1.165) is 38.5 Å². The van der Waals surface area contributed by atoms with E-state index < -0.39 is 0 Å². The molecular weight excluding hydrogens is 292 g/mol. The van der Waals surface area contributed by atoms with Crippen molar-refractivity contribution >= 4 is 5.78 Å². The zero-order valence-corrected chi connectivity index (χ0v) is 16.9. The quantitative estimate of drug-likeness (QED) is 0.338. The molecule has 0 heterocycles. The van der Waals surface area contributed by atoms with Gasteiger partial charge in [-0.25, -0.2) is 0 Å². The van der Waals surface area contributed by atoms with Crippen LogP contribution in [0.25, 0.3) is 0 Å². The standard InChI is InChI=1S/C23H38O/c1-19(2)11-7-12-20(3)13-8-14-21(4)15-9-16-22(5)17-10-18-23(6)24/h11,13,15,17H,7-10,12,14,16,18H2,1-6H3/b20-13-,21-15+,22-17-. The highest BCUT2D eigenvalue weighted by molar-refractivity contribution is 5.75. The molecule has 0 aliphatic heterocycles. The molecular formula is C23H38O. The van der Waals surface area contributed by atoms with E-state index >= 15 is 0 Å². The van der Waals surface area contributed by atoms with Gasteiger partial charge in [0.05, 0.1) is 0 Å². The molecule has 0 unspecified atom stereocenters. The Hall–Kier alpha value is -1.37. The van der Waals surface area contributed by atoms with Crippen molar-refractivity contribution in [1.82, 2.24) is 0 Å². The summed E-state index contributed by atoms with van der Waals surface area (Å²) >= 11 is 0. The molecule has 24 heavy (non-hydrogen) atoms. The Morgan fingerprint density at radius 3 is 1.21 bits per heavy atom. The summed E-state index contributed by atoms with van der Waals surface area (Å²) in [7, 11) is 0. The summed E-state index contributed by atoms with van der Waals surface area (Å²) in [6.07, 6.45) is 17.7. The maximum atomic E-state index is 10.9. The van der Waals surface area contributed by atoms with Gasteiger partial charge in [0.1, 0.15) is 5.78 Å². The molecule has 0 N–H and O–H groups in total. The van der Waals surface area contributed by atoms with Crippen LogP contribution >= 0.6 is 0 Å². The summed E-state index contributed by atoms with van der Waals surface area (Å²) in [6.45, 7) is 12.6. The fraction of sp³-hybridized carbons (Fsp3) is 0.609. The molecule has 0 bridgehead atoms. The molecule has 0 radical (unpaired) electrons. The van der Waals surface area contributed by atoms with Crippen molar-refractivity contribution in [3.8, 4) is 0 Å². The SMILES string of the molecule is CC(=O)CC/C=C(/C)CC/C=C(\C)CC/C=C(/C)CCC=C(C)C. The van der Waals surface area contributed by atoms with Crippen LogP contribution < -0.4 is 0 Å². The van der Waals surface area contributed by atoms with E-state index in [1.807, 2.05) is 0 Å². The van der Waals surface area contributed by atoms with Crippen LogP contribution in [0.2, 0.25) is 0 Å². The molecule has 0 spiro atoms. The molecule has 0 saturated carbocycles. The number of carbonyl (C=O) groups is 1. The number of Topliss-reactive ketones (excluding diaryl/α,β-unsaturated/α-hetero) is 1. The molecule has 0 fully saturated rings. The molecule has 0 saturated heterocycles. The highest BCUT2D eigenvalue weighted by Gasteiger charge is 1.94. The fourth-order valence-electron chi connectivity index (χ4n) is 2.51. The van der Waals surface area contributed by atoms with Crippen LogP contribution in [0.1, 0.15) is 92.9 Å². The Balaban J connectivity index is 3.98. The van der Waals surface area contributed by atoms with Crippen molar-refractivity contribution in [3.05, 3.63) is 46.6 Å². The first-order chi connectivity index (χ1) is 11.3. The van der Waals surface area contributed by atoms with Crippen LogP contribution in [0.3, 0.4) is 0 Å². The van der Waals surface area contributed by atoms with Gasteiger partial charge in [0.2, 0.25) is 0 Å². The molecule has 0 atom stereocenters. The molecule has 0 aromatic rings. The van der Waals surface area contributed by atoms with Crippen LogP contribution in [0, 0.1) is 0 Å². The first kappa shape index (κ1) is 22.6. The van der Waals surface area contributed by atoms with Crippen molar-refractivity contribution in [3.63, 3.8) is 0 Å². The third-order valence-corrected chi connectivity index (χ3v) is 4.14. The van der Waals surface area contributed by atoms with E-state index in [-0.39, 0.29) is 5.78 Å². The number of carbonyl (C=O) groups excluding carboxylic acids is 1. The van der Waals surface area contributed by atoms with E-state index in [9.17, 15) is 4.79 Å². The second-order valence-corrected chi connectivity index (χ2v) is 7.29. The number of allylic oxidation sites excluding steroid dienone is 8. The maximum Gasteiger partial charge on any atom is 0.130 e. The fourth-order valence-corrected chi connectivity index (χ4v) is 2.51. The van der Waals surface area contributed by atoms with Gasteiger partial charge in [-0.3, -0.25) is 0 Å². The molecule has 136 valence electrons. The highest BCUT2D eigenvalue weighted by atomic mass is 16.1. The van der Waals surface area contributed by atoms with E-state index in [1.165, 1.54) is 28.7 Å². The average molecular weight is 331 g/mol. The second kappa shape index (κ2) is 14.0. The topological polar surface area (TPSA) is 17.1 Å². The summed E-state index contributed by atoms with van der Waals surface area (Å²) in [5, 5.41) is 0. The van der Waals surface area contributed by atoms with Crippen molar-refractivity contribution < 1.29 is 4.79 Å². The molecule has 0 aliphatic rings. The minimum absolute atomic E-state index is 0.277. The van der Waals surface area contributed by atoms with Gasteiger partial charge in [-0.15, -0.1) is 0 Å². The summed E-state index contributed by atoms with van der Waals surface area (Å²) in [6, 6.07) is 0. The van der Waals surface area contributed by atoms with Gasteiger partial charge in [-0.1, -0.05) is 46.6 Å². The normalized spacial score (nSPS) is 13.2. The lowest BCUT2D eigenvalue weighted by atomic mass is 10.0. The smallest absolute Gasteiger partial charge is 0.130 e. The lowest BCUT2D eigenvalue weighted by Crippen LogP contribution is -1.87. The van der Waals surface area contributed by atoms with Gasteiger partial charge in [-0.05, 0) is 86.5 Å². The third kappa shape index (κ3) is 15.5. The number of rotatable bonds is 12. The molecule has 1 heteroatoms. The first-order valence-electron chi connectivity index (χ1n) is 9.41. The lowest BCUT2D eigenvalue weighted by molar-refractivity contribution is -0.116. The number of ketones is 1. The van der Waals surface area contributed by atoms with E-state index in [0.29, 0.717) is 6.42 Å². The zero-order chi connectivity index (χ0) is 18.4. The minimum atomic E-state index is 0.277. The Morgan fingerprint density at radius 1 is 0.542 bits per heavy atom. The predicted octanol–water partition coefficient (Wildman–Crippen LogP) is 7.50. The Labute approximate surface area is 150 Å². The summed E-state index contributed by atoms with van der Waals surface area (Å²) in [4.78, 5) is 10.9. The van der Waals surface area contributed by atoms with Gasteiger partial charge in [0, 0.05) is 6.42 Å². The highest BCUT2D eigenvalue weighted by Crippen LogP contribution is 2.14. The number of hydrogen-bond donors (Lipinski definition) is 0. The third-order valence-electron chi connectivity index (χ3n) is 4.14. The predicted molar refractivity (Wildman–Crippen MR) is 108 cm³/mol. The molecule has 1 nitrogen and oxygen atoms in total. The van der Waals surface area contributed by atoms with Gasteiger partial charge in [-0.2, -0.15) is 0 Å². The maximum absolute atomic E-state index is 10.9. The summed E-state index contributed by atoms with van der Waals surface area (Å²) in [5.41, 5.74) is 5.80. The van der Waals surface area contributed by atoms with Crippen LogP contribution in [0.4, 0.5) is 0 Å². The largest absolute Gasteiger partial charge is 0.300 e. The van der Waals surface area contributed by atoms with Crippen molar-refractivity contribution in [2.45, 2.75) is 92.9 Å². The van der Waals surface area contributed by atoms with Crippen LogP contribution in [0.5, 0.6) is 0 Å². The van der Waals surface area contributed by atoms with Gasteiger partial charge >= 0.3 is 0 Å². The Bertz CT molecular complexity index is 482. The number of hydrogen-bond acceptors (Lipinski definition) is 1.